The van der Waals surface area contributed by atoms with Crippen LogP contribution < -0.4 is 5.32 Å². The molecule has 1 saturated carbocycles. The zero-order valence-electron chi connectivity index (χ0n) is 10.9. The molecule has 0 aromatic carbocycles. The number of carboxylic acid groups (broad SMARTS) is 1. The minimum Gasteiger partial charge on any atom is -0.481 e. The lowest BCUT2D eigenvalue weighted by Crippen LogP contribution is -2.48. The summed E-state index contributed by atoms with van der Waals surface area (Å²) in [5.74, 6) is -0.223. The van der Waals surface area contributed by atoms with Crippen LogP contribution in [0.4, 0.5) is 4.79 Å². The molecule has 2 amide bonds. The number of likely N-dealkylation sites (tertiary alicyclic amines) is 1. The van der Waals surface area contributed by atoms with Crippen LogP contribution in [-0.4, -0.2) is 40.6 Å². The highest BCUT2D eigenvalue weighted by atomic mass is 16.4. The van der Waals surface area contributed by atoms with Crippen molar-refractivity contribution in [3.63, 3.8) is 0 Å². The van der Waals surface area contributed by atoms with E-state index in [1.165, 1.54) is 19.3 Å². The number of fused-ring (bicyclic) bond motifs is 1. The highest BCUT2D eigenvalue weighted by Gasteiger charge is 2.42. The van der Waals surface area contributed by atoms with Gasteiger partial charge in [0.25, 0.3) is 0 Å². The van der Waals surface area contributed by atoms with E-state index in [1.807, 2.05) is 4.90 Å². The molecular weight excluding hydrogens is 232 g/mol. The zero-order valence-corrected chi connectivity index (χ0v) is 10.9. The lowest BCUT2D eigenvalue weighted by molar-refractivity contribution is -0.136. The minimum absolute atomic E-state index is 0.0118. The van der Waals surface area contributed by atoms with E-state index >= 15 is 0 Å². The molecule has 0 aromatic heterocycles. The van der Waals surface area contributed by atoms with E-state index in [2.05, 4.69) is 12.2 Å². The Morgan fingerprint density at radius 3 is 2.78 bits per heavy atom. The number of nitrogens with one attached hydrogen (secondary N) is 1. The summed E-state index contributed by atoms with van der Waals surface area (Å²) in [6.07, 6.45) is 5.89. The molecule has 2 aliphatic rings. The van der Waals surface area contributed by atoms with Crippen LogP contribution >= 0.6 is 0 Å². The molecular formula is C13H22N2O3. The molecule has 5 heteroatoms. The number of urea groups is 1. The van der Waals surface area contributed by atoms with E-state index in [4.69, 9.17) is 5.11 Å². The topological polar surface area (TPSA) is 69.6 Å². The molecule has 2 fully saturated rings. The molecule has 2 rings (SSSR count). The third-order valence-electron chi connectivity index (χ3n) is 4.19. The number of rotatable bonds is 3. The van der Waals surface area contributed by atoms with Gasteiger partial charge in [-0.25, -0.2) is 4.79 Å². The van der Waals surface area contributed by atoms with Crippen LogP contribution in [0, 0.1) is 5.92 Å². The number of carbonyl (C=O) groups excluding carboxylic acids is 1. The van der Waals surface area contributed by atoms with Crippen LogP contribution in [-0.2, 0) is 4.79 Å². The monoisotopic (exact) mass is 254 g/mol. The Morgan fingerprint density at radius 2 is 2.06 bits per heavy atom. The second-order valence-electron chi connectivity index (χ2n) is 5.48. The van der Waals surface area contributed by atoms with Crippen molar-refractivity contribution in [3.05, 3.63) is 0 Å². The van der Waals surface area contributed by atoms with E-state index in [0.717, 1.165) is 12.8 Å². The molecule has 102 valence electrons. The Bertz CT molecular complexity index is 332. The van der Waals surface area contributed by atoms with Crippen molar-refractivity contribution in [1.82, 2.24) is 10.2 Å². The Balaban J connectivity index is 1.90. The Labute approximate surface area is 108 Å². The smallest absolute Gasteiger partial charge is 0.317 e. The van der Waals surface area contributed by atoms with Crippen LogP contribution in [0.5, 0.6) is 0 Å². The molecule has 18 heavy (non-hydrogen) atoms. The van der Waals surface area contributed by atoms with Gasteiger partial charge in [-0.1, -0.05) is 12.8 Å². The molecule has 1 aliphatic heterocycles. The number of nitrogens with zero attached hydrogens (tertiary/aromatic N) is 1. The predicted octanol–water partition coefficient (Wildman–Crippen LogP) is 1.82. The van der Waals surface area contributed by atoms with E-state index in [9.17, 15) is 9.59 Å². The quantitative estimate of drug-likeness (QED) is 0.807. The van der Waals surface area contributed by atoms with Crippen molar-refractivity contribution < 1.29 is 14.7 Å². The minimum atomic E-state index is -0.875. The van der Waals surface area contributed by atoms with Crippen molar-refractivity contribution in [3.8, 4) is 0 Å². The average molecular weight is 254 g/mol. The molecule has 0 radical (unpaired) electrons. The van der Waals surface area contributed by atoms with Crippen LogP contribution in [0.1, 0.15) is 45.4 Å². The first-order chi connectivity index (χ1) is 8.59. The fourth-order valence-electron chi connectivity index (χ4n) is 3.43. The van der Waals surface area contributed by atoms with Gasteiger partial charge in [-0.15, -0.1) is 0 Å². The average Bonchev–Trinajstić information content (AvgIpc) is 2.64. The number of aliphatic carboxylic acids is 1. The number of hydrogen-bond acceptors (Lipinski definition) is 2. The number of hydrogen-bond donors (Lipinski definition) is 2. The second kappa shape index (κ2) is 5.59. The fourth-order valence-corrected chi connectivity index (χ4v) is 3.43. The maximum atomic E-state index is 12.1. The van der Waals surface area contributed by atoms with Crippen LogP contribution in [0.3, 0.4) is 0 Å². The van der Waals surface area contributed by atoms with E-state index in [1.54, 1.807) is 0 Å². The summed E-state index contributed by atoms with van der Waals surface area (Å²) in [5, 5.41) is 11.3. The fraction of sp³-hybridized carbons (Fsp3) is 0.846. The van der Waals surface area contributed by atoms with Gasteiger partial charge in [0.05, 0.1) is 6.42 Å². The molecule has 0 aromatic rings. The molecule has 3 atom stereocenters. The van der Waals surface area contributed by atoms with Crippen LogP contribution in [0.2, 0.25) is 0 Å². The molecule has 1 saturated heterocycles. The SMILES string of the molecule is CC1CC2CCCCC2N1C(=O)NCCC(=O)O. The Kier molecular flexibility index (Phi) is 4.09. The van der Waals surface area contributed by atoms with Crippen LogP contribution in [0.25, 0.3) is 0 Å². The highest BCUT2D eigenvalue weighted by Crippen LogP contribution is 2.39. The van der Waals surface area contributed by atoms with Gasteiger partial charge in [0.2, 0.25) is 0 Å². The molecule has 1 heterocycles. The first-order valence-electron chi connectivity index (χ1n) is 6.87. The van der Waals surface area contributed by atoms with Gasteiger partial charge in [0.1, 0.15) is 0 Å². The summed E-state index contributed by atoms with van der Waals surface area (Å²) in [4.78, 5) is 24.5. The Morgan fingerprint density at radius 1 is 1.33 bits per heavy atom. The second-order valence-corrected chi connectivity index (χ2v) is 5.48. The number of amides is 2. The summed E-state index contributed by atoms with van der Waals surface area (Å²) < 4.78 is 0. The maximum Gasteiger partial charge on any atom is 0.317 e. The van der Waals surface area contributed by atoms with E-state index < -0.39 is 5.97 Å². The maximum absolute atomic E-state index is 12.1. The largest absolute Gasteiger partial charge is 0.481 e. The summed E-state index contributed by atoms with van der Waals surface area (Å²) in [6, 6.07) is 0.569. The summed E-state index contributed by atoms with van der Waals surface area (Å²) in [7, 11) is 0. The van der Waals surface area contributed by atoms with E-state index in [-0.39, 0.29) is 25.0 Å². The number of carbonyl (C=O) groups is 2. The van der Waals surface area contributed by atoms with Gasteiger partial charge >= 0.3 is 12.0 Å². The lowest BCUT2D eigenvalue weighted by Gasteiger charge is -2.33. The first-order valence-corrected chi connectivity index (χ1v) is 6.87. The van der Waals surface area contributed by atoms with Crippen molar-refractivity contribution in [1.29, 1.82) is 0 Å². The number of carboxylic acids is 1. The van der Waals surface area contributed by atoms with Crippen LogP contribution in [0.15, 0.2) is 0 Å². The van der Waals surface area contributed by atoms with Crippen molar-refractivity contribution in [2.75, 3.05) is 6.54 Å². The van der Waals surface area contributed by atoms with Gasteiger partial charge in [0.15, 0.2) is 0 Å². The van der Waals surface area contributed by atoms with Gasteiger partial charge in [-0.05, 0) is 32.1 Å². The normalized spacial score (nSPS) is 30.9. The molecule has 5 nitrogen and oxygen atoms in total. The molecule has 1 aliphatic carbocycles. The molecule has 2 N–H and O–H groups in total. The summed E-state index contributed by atoms with van der Waals surface area (Å²) in [6.45, 7) is 2.31. The van der Waals surface area contributed by atoms with Gasteiger partial charge in [-0.3, -0.25) is 4.79 Å². The highest BCUT2D eigenvalue weighted by molar-refractivity contribution is 5.76. The standard InChI is InChI=1S/C13H22N2O3/c1-9-8-10-4-2-3-5-11(10)15(9)13(18)14-7-6-12(16)17/h9-11H,2-8H2,1H3,(H,14,18)(H,16,17). The third-order valence-corrected chi connectivity index (χ3v) is 4.19. The third kappa shape index (κ3) is 2.76. The molecule has 0 bridgehead atoms. The molecule has 0 spiro atoms. The van der Waals surface area contributed by atoms with Crippen molar-refractivity contribution in [2.24, 2.45) is 5.92 Å². The predicted molar refractivity (Wildman–Crippen MR) is 67.3 cm³/mol. The van der Waals surface area contributed by atoms with Crippen molar-refractivity contribution in [2.45, 2.75) is 57.5 Å². The van der Waals surface area contributed by atoms with Gasteiger partial charge < -0.3 is 15.3 Å². The van der Waals surface area contributed by atoms with E-state index in [0.29, 0.717) is 12.0 Å². The lowest BCUT2D eigenvalue weighted by atomic mass is 9.85. The summed E-state index contributed by atoms with van der Waals surface area (Å²) >= 11 is 0. The first kappa shape index (κ1) is 13.2. The summed E-state index contributed by atoms with van der Waals surface area (Å²) in [5.41, 5.74) is 0. The van der Waals surface area contributed by atoms with Gasteiger partial charge in [-0.2, -0.15) is 0 Å². The van der Waals surface area contributed by atoms with Gasteiger partial charge in [0, 0.05) is 18.6 Å². The zero-order chi connectivity index (χ0) is 13.1. The van der Waals surface area contributed by atoms with Crippen molar-refractivity contribution >= 4 is 12.0 Å². The Hall–Kier alpha value is -1.26. The molecule has 3 unspecified atom stereocenters.